The van der Waals surface area contributed by atoms with Crippen LogP contribution < -0.4 is 0 Å². The monoisotopic (exact) mass is 417 g/mol. The summed E-state index contributed by atoms with van der Waals surface area (Å²) in [5.74, 6) is 0.398. The minimum atomic E-state index is 0.0550. The van der Waals surface area contributed by atoms with E-state index < -0.39 is 0 Å². The number of hydrogen-bond donors (Lipinski definition) is 0. The molecule has 2 unspecified atom stereocenters. The van der Waals surface area contributed by atoms with Crippen molar-refractivity contribution in [2.75, 3.05) is 18.8 Å². The van der Waals surface area contributed by atoms with Gasteiger partial charge in [0.05, 0.1) is 35.2 Å². The second kappa shape index (κ2) is 8.06. The molecule has 0 bridgehead atoms. The molecule has 9 heteroatoms. The zero-order valence-corrected chi connectivity index (χ0v) is 17.2. The molecular weight excluding hydrogens is 398 g/mol. The number of fused-ring (bicyclic) bond motifs is 1. The summed E-state index contributed by atoms with van der Waals surface area (Å²) < 4.78 is 7.42. The van der Waals surface area contributed by atoms with Crippen molar-refractivity contribution in [2.24, 2.45) is 0 Å². The van der Waals surface area contributed by atoms with Crippen LogP contribution in [0.15, 0.2) is 41.8 Å². The summed E-state index contributed by atoms with van der Waals surface area (Å²) in [6.45, 7) is 5.22. The topological polar surface area (TPSA) is 73.1 Å². The maximum atomic E-state index is 12.6. The highest BCUT2D eigenvalue weighted by atomic mass is 35.5. The Bertz CT molecular complexity index is 1000. The molecule has 0 aliphatic carbocycles. The van der Waals surface area contributed by atoms with Crippen LogP contribution in [0.1, 0.15) is 13.8 Å². The van der Waals surface area contributed by atoms with E-state index >= 15 is 0 Å². The summed E-state index contributed by atoms with van der Waals surface area (Å²) in [7, 11) is 0. The van der Waals surface area contributed by atoms with E-state index in [0.29, 0.717) is 29.5 Å². The van der Waals surface area contributed by atoms with Crippen LogP contribution in [-0.4, -0.2) is 61.6 Å². The maximum Gasteiger partial charge on any atom is 0.233 e. The molecule has 1 saturated heterocycles. The number of rotatable bonds is 4. The summed E-state index contributed by atoms with van der Waals surface area (Å²) in [5.41, 5.74) is 1.50. The molecular formula is C19H20ClN5O2S. The van der Waals surface area contributed by atoms with Gasteiger partial charge in [-0.05, 0) is 32.0 Å². The van der Waals surface area contributed by atoms with E-state index in [1.165, 1.54) is 18.1 Å². The van der Waals surface area contributed by atoms with Crippen LogP contribution in [0.5, 0.6) is 0 Å². The van der Waals surface area contributed by atoms with Crippen molar-refractivity contribution in [3.8, 4) is 5.69 Å². The van der Waals surface area contributed by atoms with Crippen LogP contribution >= 0.6 is 23.4 Å². The SMILES string of the molecule is CC1CN(C(=O)CSc2ncnc3c2cnn3-c2cccc(Cl)c2)CC(C)O1. The Morgan fingerprint density at radius 3 is 2.82 bits per heavy atom. The molecule has 2 atom stereocenters. The number of morpholine rings is 1. The highest BCUT2D eigenvalue weighted by Gasteiger charge is 2.26. The highest BCUT2D eigenvalue weighted by Crippen LogP contribution is 2.27. The van der Waals surface area contributed by atoms with Gasteiger partial charge < -0.3 is 9.64 Å². The van der Waals surface area contributed by atoms with E-state index in [-0.39, 0.29) is 18.1 Å². The zero-order valence-electron chi connectivity index (χ0n) is 15.6. The second-order valence-corrected chi connectivity index (χ2v) is 8.20. The van der Waals surface area contributed by atoms with Gasteiger partial charge in [0.15, 0.2) is 5.65 Å². The van der Waals surface area contributed by atoms with Gasteiger partial charge in [-0.25, -0.2) is 14.6 Å². The molecule has 0 saturated carbocycles. The number of hydrogen-bond acceptors (Lipinski definition) is 6. The number of benzene rings is 1. The van der Waals surface area contributed by atoms with Crippen molar-refractivity contribution in [2.45, 2.75) is 31.1 Å². The third-order valence-electron chi connectivity index (χ3n) is 4.49. The normalized spacial score (nSPS) is 19.9. The van der Waals surface area contributed by atoms with Crippen molar-refractivity contribution in [1.29, 1.82) is 0 Å². The number of thioether (sulfide) groups is 1. The van der Waals surface area contributed by atoms with Crippen LogP contribution in [0.2, 0.25) is 5.02 Å². The lowest BCUT2D eigenvalue weighted by Crippen LogP contribution is -2.48. The third-order valence-corrected chi connectivity index (χ3v) is 5.71. The minimum Gasteiger partial charge on any atom is -0.372 e. The Morgan fingerprint density at radius 2 is 2.07 bits per heavy atom. The first-order valence-corrected chi connectivity index (χ1v) is 10.4. The summed E-state index contributed by atoms with van der Waals surface area (Å²) in [5, 5.41) is 6.61. The van der Waals surface area contributed by atoms with Gasteiger partial charge in [-0.15, -0.1) is 0 Å². The fourth-order valence-corrected chi connectivity index (χ4v) is 4.39. The summed E-state index contributed by atoms with van der Waals surface area (Å²) in [4.78, 5) is 23.2. The number of carbonyl (C=O) groups excluding carboxylic acids is 1. The predicted molar refractivity (Wildman–Crippen MR) is 109 cm³/mol. The molecule has 3 aromatic rings. The Morgan fingerprint density at radius 1 is 1.29 bits per heavy atom. The lowest BCUT2D eigenvalue weighted by atomic mass is 10.2. The van der Waals surface area contributed by atoms with Gasteiger partial charge in [0, 0.05) is 18.1 Å². The van der Waals surface area contributed by atoms with Crippen LogP contribution in [0.3, 0.4) is 0 Å². The average Bonchev–Trinajstić information content (AvgIpc) is 3.10. The quantitative estimate of drug-likeness (QED) is 0.479. The molecule has 1 aromatic carbocycles. The Balaban J connectivity index is 1.53. The van der Waals surface area contributed by atoms with Gasteiger partial charge in [0.1, 0.15) is 11.4 Å². The summed E-state index contributed by atoms with van der Waals surface area (Å²) in [6.07, 6.45) is 3.33. The second-order valence-electron chi connectivity index (χ2n) is 6.80. The molecule has 0 N–H and O–H groups in total. The van der Waals surface area contributed by atoms with Gasteiger partial charge in [-0.1, -0.05) is 29.4 Å². The van der Waals surface area contributed by atoms with Gasteiger partial charge in [0.2, 0.25) is 5.91 Å². The molecule has 28 heavy (non-hydrogen) atoms. The minimum absolute atomic E-state index is 0.0550. The van der Waals surface area contributed by atoms with Crippen LogP contribution in [-0.2, 0) is 9.53 Å². The van der Waals surface area contributed by atoms with Gasteiger partial charge >= 0.3 is 0 Å². The largest absolute Gasteiger partial charge is 0.372 e. The van der Waals surface area contributed by atoms with Crippen LogP contribution in [0.4, 0.5) is 0 Å². The number of ether oxygens (including phenoxy) is 1. The van der Waals surface area contributed by atoms with Crippen molar-refractivity contribution in [1.82, 2.24) is 24.6 Å². The number of amides is 1. The smallest absolute Gasteiger partial charge is 0.233 e. The molecule has 1 fully saturated rings. The number of nitrogens with zero attached hydrogens (tertiary/aromatic N) is 5. The molecule has 7 nitrogen and oxygen atoms in total. The first-order chi connectivity index (χ1) is 13.5. The standard InChI is InChI=1S/C19H20ClN5O2S/c1-12-8-24(9-13(2)27-12)17(26)10-28-19-16-7-23-25(18(16)21-11-22-19)15-5-3-4-14(20)6-15/h3-7,11-13H,8-10H2,1-2H3. The number of aromatic nitrogens is 4. The van der Waals surface area contributed by atoms with Crippen molar-refractivity contribution < 1.29 is 9.53 Å². The van der Waals surface area contributed by atoms with Gasteiger partial charge in [0.25, 0.3) is 0 Å². The zero-order chi connectivity index (χ0) is 19.7. The highest BCUT2D eigenvalue weighted by molar-refractivity contribution is 8.00. The molecule has 1 aliphatic rings. The molecule has 0 radical (unpaired) electrons. The fourth-order valence-electron chi connectivity index (χ4n) is 3.34. The Labute approximate surface area is 172 Å². The summed E-state index contributed by atoms with van der Waals surface area (Å²) in [6, 6.07) is 7.42. The molecule has 1 amide bonds. The number of halogens is 1. The van der Waals surface area contributed by atoms with Crippen molar-refractivity contribution in [3.63, 3.8) is 0 Å². The van der Waals surface area contributed by atoms with Gasteiger partial charge in [-0.3, -0.25) is 4.79 Å². The molecule has 0 spiro atoms. The lowest BCUT2D eigenvalue weighted by Gasteiger charge is -2.35. The van der Waals surface area contributed by atoms with Gasteiger partial charge in [-0.2, -0.15) is 5.10 Å². The Kier molecular flexibility index (Phi) is 5.52. The lowest BCUT2D eigenvalue weighted by molar-refractivity contribution is -0.140. The predicted octanol–water partition coefficient (Wildman–Crippen LogP) is 3.20. The molecule has 3 heterocycles. The van der Waals surface area contributed by atoms with E-state index in [9.17, 15) is 4.79 Å². The average molecular weight is 418 g/mol. The van der Waals surface area contributed by atoms with E-state index in [1.807, 2.05) is 43.0 Å². The first-order valence-electron chi connectivity index (χ1n) is 9.02. The third kappa shape index (κ3) is 3.99. The van der Waals surface area contributed by atoms with E-state index in [1.54, 1.807) is 10.9 Å². The van der Waals surface area contributed by atoms with Crippen molar-refractivity contribution in [3.05, 3.63) is 41.8 Å². The Hall–Kier alpha value is -2.16. The summed E-state index contributed by atoms with van der Waals surface area (Å²) >= 11 is 7.50. The maximum absolute atomic E-state index is 12.6. The van der Waals surface area contributed by atoms with E-state index in [2.05, 4.69) is 15.1 Å². The fraction of sp³-hybridized carbons (Fsp3) is 0.368. The molecule has 146 valence electrons. The number of carbonyl (C=O) groups is 1. The first kappa shape index (κ1) is 19.2. The van der Waals surface area contributed by atoms with E-state index in [4.69, 9.17) is 16.3 Å². The molecule has 4 rings (SSSR count). The van der Waals surface area contributed by atoms with Crippen molar-refractivity contribution >= 4 is 40.3 Å². The molecule has 2 aromatic heterocycles. The van der Waals surface area contributed by atoms with Crippen LogP contribution in [0, 0.1) is 0 Å². The molecule has 1 aliphatic heterocycles. The van der Waals surface area contributed by atoms with E-state index in [0.717, 1.165) is 16.1 Å². The van der Waals surface area contributed by atoms with Crippen LogP contribution in [0.25, 0.3) is 16.7 Å².